The number of pyridine rings is 1. The molecule has 3 aromatic rings. The van der Waals surface area contributed by atoms with Gasteiger partial charge in [0.1, 0.15) is 0 Å². The summed E-state index contributed by atoms with van der Waals surface area (Å²) in [4.78, 5) is 10.9. The molecule has 0 unspecified atom stereocenters. The van der Waals surface area contributed by atoms with E-state index in [1.54, 1.807) is 30.5 Å². The lowest BCUT2D eigenvalue weighted by Gasteiger charge is -2.01. The van der Waals surface area contributed by atoms with Crippen molar-refractivity contribution in [2.45, 2.75) is 0 Å². The Balaban J connectivity index is 2.12. The van der Waals surface area contributed by atoms with Crippen LogP contribution in [0.1, 0.15) is 15.9 Å². The minimum absolute atomic E-state index is 0.187. The Labute approximate surface area is 114 Å². The highest BCUT2D eigenvalue weighted by Gasteiger charge is 2.09. The fourth-order valence-electron chi connectivity index (χ4n) is 2.06. The maximum atomic E-state index is 10.9. The number of aromatic nitrogens is 2. The van der Waals surface area contributed by atoms with Crippen LogP contribution in [0.4, 0.5) is 0 Å². The van der Waals surface area contributed by atoms with Gasteiger partial charge in [0.25, 0.3) is 0 Å². The van der Waals surface area contributed by atoms with E-state index in [-0.39, 0.29) is 5.56 Å². The minimum atomic E-state index is -0.984. The van der Waals surface area contributed by atoms with E-state index >= 15 is 0 Å². The summed E-state index contributed by atoms with van der Waals surface area (Å²) in [6, 6.07) is 12.5. The molecular formula is C15H9N3O2. The van der Waals surface area contributed by atoms with Crippen molar-refractivity contribution in [2.75, 3.05) is 0 Å². The second-order valence-corrected chi connectivity index (χ2v) is 4.30. The molecule has 0 radical (unpaired) electrons. The summed E-state index contributed by atoms with van der Waals surface area (Å²) in [7, 11) is 0. The molecule has 96 valence electrons. The van der Waals surface area contributed by atoms with Crippen molar-refractivity contribution >= 4 is 11.5 Å². The number of hydrogen-bond donors (Lipinski definition) is 1. The summed E-state index contributed by atoms with van der Waals surface area (Å²) in [5.74, 6) is -0.984. The highest BCUT2D eigenvalue weighted by atomic mass is 16.4. The lowest BCUT2D eigenvalue weighted by molar-refractivity contribution is 0.0696. The molecule has 0 saturated heterocycles. The SMILES string of the molecule is N#Cc1ccc(-c2cnn3cc(C(=O)O)ccc23)cc1. The number of hydrogen-bond acceptors (Lipinski definition) is 3. The highest BCUT2D eigenvalue weighted by molar-refractivity contribution is 5.89. The Morgan fingerprint density at radius 2 is 1.95 bits per heavy atom. The highest BCUT2D eigenvalue weighted by Crippen LogP contribution is 2.25. The fraction of sp³-hybridized carbons (Fsp3) is 0. The first-order valence-electron chi connectivity index (χ1n) is 5.90. The van der Waals surface area contributed by atoms with Gasteiger partial charge in [0.15, 0.2) is 0 Å². The average Bonchev–Trinajstić information content (AvgIpc) is 2.90. The Bertz CT molecular complexity index is 842. The molecule has 0 spiro atoms. The van der Waals surface area contributed by atoms with Crippen LogP contribution >= 0.6 is 0 Å². The van der Waals surface area contributed by atoms with Gasteiger partial charge in [-0.05, 0) is 29.8 Å². The molecule has 0 saturated carbocycles. The van der Waals surface area contributed by atoms with Gasteiger partial charge in [0, 0.05) is 11.8 Å². The summed E-state index contributed by atoms with van der Waals surface area (Å²) in [5, 5.41) is 21.9. The third kappa shape index (κ3) is 1.89. The van der Waals surface area contributed by atoms with E-state index in [1.165, 1.54) is 10.7 Å². The van der Waals surface area contributed by atoms with Crippen molar-refractivity contribution in [3.05, 3.63) is 59.9 Å². The molecule has 0 fully saturated rings. The number of aromatic carboxylic acids is 1. The van der Waals surface area contributed by atoms with Crippen LogP contribution in [0.3, 0.4) is 0 Å². The lowest BCUT2D eigenvalue weighted by Crippen LogP contribution is -1.99. The van der Waals surface area contributed by atoms with Crippen LogP contribution in [-0.4, -0.2) is 20.7 Å². The normalized spacial score (nSPS) is 10.3. The molecule has 2 aromatic heterocycles. The topological polar surface area (TPSA) is 78.4 Å². The third-order valence-electron chi connectivity index (χ3n) is 3.09. The second kappa shape index (κ2) is 4.52. The van der Waals surface area contributed by atoms with Crippen molar-refractivity contribution in [2.24, 2.45) is 0 Å². The third-order valence-corrected chi connectivity index (χ3v) is 3.09. The van der Waals surface area contributed by atoms with E-state index in [2.05, 4.69) is 11.2 Å². The molecule has 0 aliphatic heterocycles. The molecule has 3 rings (SSSR count). The van der Waals surface area contributed by atoms with Crippen molar-refractivity contribution in [1.29, 1.82) is 5.26 Å². The molecule has 0 aliphatic carbocycles. The molecule has 0 aliphatic rings. The molecule has 0 amide bonds. The predicted molar refractivity (Wildman–Crippen MR) is 72.3 cm³/mol. The van der Waals surface area contributed by atoms with Crippen LogP contribution in [-0.2, 0) is 0 Å². The van der Waals surface area contributed by atoms with Gasteiger partial charge < -0.3 is 5.11 Å². The van der Waals surface area contributed by atoms with Crippen LogP contribution in [0.5, 0.6) is 0 Å². The first-order chi connectivity index (χ1) is 9.69. The van der Waals surface area contributed by atoms with E-state index in [4.69, 9.17) is 10.4 Å². The van der Waals surface area contributed by atoms with Gasteiger partial charge in [0.2, 0.25) is 0 Å². The number of carbonyl (C=O) groups is 1. The predicted octanol–water partition coefficient (Wildman–Crippen LogP) is 2.57. The number of rotatable bonds is 2. The zero-order valence-corrected chi connectivity index (χ0v) is 10.3. The summed E-state index contributed by atoms with van der Waals surface area (Å²) in [6.07, 6.45) is 3.16. The van der Waals surface area contributed by atoms with Crippen LogP contribution in [0.2, 0.25) is 0 Å². The lowest BCUT2D eigenvalue weighted by atomic mass is 10.1. The van der Waals surface area contributed by atoms with E-state index in [0.29, 0.717) is 5.56 Å². The van der Waals surface area contributed by atoms with Crippen molar-refractivity contribution < 1.29 is 9.90 Å². The zero-order chi connectivity index (χ0) is 14.1. The molecular weight excluding hydrogens is 254 g/mol. The van der Waals surface area contributed by atoms with Gasteiger partial charge in [-0.15, -0.1) is 0 Å². The molecule has 2 heterocycles. The molecule has 1 aromatic carbocycles. The number of fused-ring (bicyclic) bond motifs is 1. The minimum Gasteiger partial charge on any atom is -0.478 e. The summed E-state index contributed by atoms with van der Waals surface area (Å²) in [5.41, 5.74) is 3.43. The maximum Gasteiger partial charge on any atom is 0.337 e. The molecule has 1 N–H and O–H groups in total. The molecule has 5 nitrogen and oxygen atoms in total. The van der Waals surface area contributed by atoms with E-state index in [9.17, 15) is 4.79 Å². The summed E-state index contributed by atoms with van der Waals surface area (Å²) in [6.45, 7) is 0. The number of nitriles is 1. The van der Waals surface area contributed by atoms with Crippen molar-refractivity contribution in [3.8, 4) is 17.2 Å². The zero-order valence-electron chi connectivity index (χ0n) is 10.3. The van der Waals surface area contributed by atoms with Crippen molar-refractivity contribution in [3.63, 3.8) is 0 Å². The number of benzene rings is 1. The summed E-state index contributed by atoms with van der Waals surface area (Å²) >= 11 is 0. The number of nitrogens with zero attached hydrogens (tertiary/aromatic N) is 3. The van der Waals surface area contributed by atoms with Gasteiger partial charge in [0.05, 0.1) is 28.9 Å². The Kier molecular flexibility index (Phi) is 2.70. The smallest absolute Gasteiger partial charge is 0.337 e. The first kappa shape index (κ1) is 11.9. The average molecular weight is 263 g/mol. The first-order valence-corrected chi connectivity index (χ1v) is 5.90. The number of carboxylic acid groups (broad SMARTS) is 1. The summed E-state index contributed by atoms with van der Waals surface area (Å²) < 4.78 is 1.54. The van der Waals surface area contributed by atoms with Crippen LogP contribution in [0, 0.1) is 11.3 Å². The molecule has 0 bridgehead atoms. The Morgan fingerprint density at radius 3 is 2.60 bits per heavy atom. The number of carboxylic acids is 1. The van der Waals surface area contributed by atoms with E-state index in [0.717, 1.165) is 16.6 Å². The van der Waals surface area contributed by atoms with Gasteiger partial charge in [-0.2, -0.15) is 10.4 Å². The van der Waals surface area contributed by atoms with Crippen LogP contribution in [0.15, 0.2) is 48.8 Å². The van der Waals surface area contributed by atoms with Gasteiger partial charge >= 0.3 is 5.97 Å². The second-order valence-electron chi connectivity index (χ2n) is 4.30. The standard InChI is InChI=1S/C15H9N3O2/c16-7-10-1-3-11(4-2-10)13-8-17-18-9-12(15(19)20)5-6-14(13)18/h1-6,8-9H,(H,19,20). The maximum absolute atomic E-state index is 10.9. The monoisotopic (exact) mass is 263 g/mol. The van der Waals surface area contributed by atoms with Crippen molar-refractivity contribution in [1.82, 2.24) is 9.61 Å². The van der Waals surface area contributed by atoms with Gasteiger partial charge in [-0.1, -0.05) is 12.1 Å². The van der Waals surface area contributed by atoms with E-state index in [1.807, 2.05) is 12.1 Å². The molecule has 20 heavy (non-hydrogen) atoms. The largest absolute Gasteiger partial charge is 0.478 e. The van der Waals surface area contributed by atoms with E-state index < -0.39 is 5.97 Å². The van der Waals surface area contributed by atoms with Crippen LogP contribution < -0.4 is 0 Å². The molecule has 0 atom stereocenters. The molecule has 5 heteroatoms. The van der Waals surface area contributed by atoms with Gasteiger partial charge in [-0.3, -0.25) is 0 Å². The Morgan fingerprint density at radius 1 is 1.20 bits per heavy atom. The van der Waals surface area contributed by atoms with Gasteiger partial charge in [-0.25, -0.2) is 9.31 Å². The quantitative estimate of drug-likeness (QED) is 0.770. The van der Waals surface area contributed by atoms with Crippen LogP contribution in [0.25, 0.3) is 16.6 Å². The Hall–Kier alpha value is -3.13. The fourth-order valence-corrected chi connectivity index (χ4v) is 2.06.